The number of benzene rings is 1. The Morgan fingerprint density at radius 1 is 1.30 bits per heavy atom. The van der Waals surface area contributed by atoms with Gasteiger partial charge in [0.1, 0.15) is 0 Å². The van der Waals surface area contributed by atoms with Gasteiger partial charge in [0.25, 0.3) is 0 Å². The molecule has 1 heterocycles. The maximum absolute atomic E-state index is 12.6. The highest BCUT2D eigenvalue weighted by Gasteiger charge is 2.33. The number of nitrogens with zero attached hydrogens (tertiary/aromatic N) is 1. The summed E-state index contributed by atoms with van der Waals surface area (Å²) in [7, 11) is -3.72. The summed E-state index contributed by atoms with van der Waals surface area (Å²) in [5.74, 6) is -1.79. The highest BCUT2D eigenvalue weighted by atomic mass is 32.2. The van der Waals surface area contributed by atoms with Crippen LogP contribution in [0, 0.1) is 5.92 Å². The summed E-state index contributed by atoms with van der Waals surface area (Å²) in [6, 6.07) is 5.90. The number of anilines is 1. The summed E-state index contributed by atoms with van der Waals surface area (Å²) < 4.78 is 26.4. The van der Waals surface area contributed by atoms with Gasteiger partial charge in [-0.05, 0) is 37.1 Å². The van der Waals surface area contributed by atoms with E-state index in [4.69, 9.17) is 5.11 Å². The summed E-state index contributed by atoms with van der Waals surface area (Å²) in [5, 5.41) is 11.7. The Morgan fingerprint density at radius 2 is 1.96 bits per heavy atom. The predicted octanol–water partition coefficient (Wildman–Crippen LogP) is 1.52. The predicted molar refractivity (Wildman–Crippen MR) is 84.5 cm³/mol. The lowest BCUT2D eigenvalue weighted by atomic mass is 10.0. The van der Waals surface area contributed by atoms with Crippen LogP contribution < -0.4 is 5.32 Å². The number of rotatable bonds is 5. The van der Waals surface area contributed by atoms with Crippen LogP contribution in [0.1, 0.15) is 26.2 Å². The van der Waals surface area contributed by atoms with E-state index in [0.29, 0.717) is 31.5 Å². The molecule has 1 aliphatic rings. The van der Waals surface area contributed by atoms with Crippen molar-refractivity contribution in [2.45, 2.75) is 31.1 Å². The van der Waals surface area contributed by atoms with Crippen molar-refractivity contribution in [2.75, 3.05) is 18.4 Å². The van der Waals surface area contributed by atoms with E-state index in [9.17, 15) is 18.0 Å². The Bertz CT molecular complexity index is 684. The van der Waals surface area contributed by atoms with E-state index in [-0.39, 0.29) is 17.3 Å². The van der Waals surface area contributed by atoms with Gasteiger partial charge in [-0.25, -0.2) is 8.42 Å². The van der Waals surface area contributed by atoms with Crippen LogP contribution in [-0.4, -0.2) is 42.8 Å². The van der Waals surface area contributed by atoms with Crippen LogP contribution in [0.15, 0.2) is 29.2 Å². The number of hydrogen-bond acceptors (Lipinski definition) is 4. The Morgan fingerprint density at radius 3 is 2.52 bits per heavy atom. The number of carboxylic acids is 1. The second-order valence-corrected chi connectivity index (χ2v) is 7.40. The maximum Gasteiger partial charge on any atom is 0.307 e. The zero-order chi connectivity index (χ0) is 17.0. The van der Waals surface area contributed by atoms with Crippen molar-refractivity contribution in [1.29, 1.82) is 0 Å². The first-order valence-electron chi connectivity index (χ1n) is 7.47. The summed E-state index contributed by atoms with van der Waals surface area (Å²) in [6.45, 7) is 2.04. The smallest absolute Gasteiger partial charge is 0.307 e. The van der Waals surface area contributed by atoms with Gasteiger partial charge in [0.15, 0.2) is 0 Å². The van der Waals surface area contributed by atoms with Gasteiger partial charge >= 0.3 is 5.97 Å². The summed E-state index contributed by atoms with van der Waals surface area (Å²) in [5.41, 5.74) is 0.526. The average Bonchev–Trinajstić information content (AvgIpc) is 2.55. The quantitative estimate of drug-likeness (QED) is 0.846. The van der Waals surface area contributed by atoms with E-state index in [0.717, 1.165) is 0 Å². The number of sulfonamides is 1. The third-order valence-electron chi connectivity index (χ3n) is 3.83. The molecule has 1 aromatic carbocycles. The van der Waals surface area contributed by atoms with Gasteiger partial charge < -0.3 is 10.4 Å². The molecular formula is C15H20N2O5S. The minimum absolute atomic E-state index is 0.00795. The Kier molecular flexibility index (Phi) is 5.38. The molecule has 0 radical (unpaired) electrons. The normalized spacial score (nSPS) is 19.3. The van der Waals surface area contributed by atoms with Crippen LogP contribution in [-0.2, 0) is 19.6 Å². The van der Waals surface area contributed by atoms with Crippen molar-refractivity contribution in [3.63, 3.8) is 0 Å². The lowest BCUT2D eigenvalue weighted by Crippen LogP contribution is -2.42. The molecule has 2 N–H and O–H groups in total. The zero-order valence-corrected chi connectivity index (χ0v) is 13.7. The topological polar surface area (TPSA) is 104 Å². The van der Waals surface area contributed by atoms with Gasteiger partial charge in [-0.3, -0.25) is 9.59 Å². The van der Waals surface area contributed by atoms with Gasteiger partial charge in [0.05, 0.1) is 10.8 Å². The number of carboxylic acid groups (broad SMARTS) is 1. The van der Waals surface area contributed by atoms with Crippen LogP contribution >= 0.6 is 0 Å². The van der Waals surface area contributed by atoms with Crippen molar-refractivity contribution in [2.24, 2.45) is 5.92 Å². The number of hydrogen-bond donors (Lipinski definition) is 2. The lowest BCUT2D eigenvalue weighted by Gasteiger charge is -2.29. The van der Waals surface area contributed by atoms with Crippen molar-refractivity contribution in [3.8, 4) is 0 Å². The number of carbonyl (C=O) groups is 2. The van der Waals surface area contributed by atoms with Gasteiger partial charge in [0, 0.05) is 25.2 Å². The van der Waals surface area contributed by atoms with Crippen molar-refractivity contribution >= 4 is 27.6 Å². The number of carbonyl (C=O) groups excluding carboxylic acids is 1. The van der Waals surface area contributed by atoms with Crippen LogP contribution in [0.2, 0.25) is 0 Å². The average molecular weight is 340 g/mol. The molecule has 7 nitrogen and oxygen atoms in total. The molecule has 8 heteroatoms. The van der Waals surface area contributed by atoms with Crippen molar-refractivity contribution < 1.29 is 23.1 Å². The SMILES string of the molecule is CCC(=O)Nc1ccc(S(=O)(=O)N2CCCC(C(=O)O)C2)cc1. The summed E-state index contributed by atoms with van der Waals surface area (Å²) in [4.78, 5) is 22.5. The van der Waals surface area contributed by atoms with Gasteiger partial charge in [-0.15, -0.1) is 0 Å². The monoisotopic (exact) mass is 340 g/mol. The van der Waals surface area contributed by atoms with Gasteiger partial charge in [0.2, 0.25) is 15.9 Å². The molecule has 0 aliphatic carbocycles. The van der Waals surface area contributed by atoms with E-state index in [1.54, 1.807) is 6.92 Å². The van der Waals surface area contributed by atoms with E-state index in [1.807, 2.05) is 0 Å². The minimum Gasteiger partial charge on any atom is -0.481 e. The largest absolute Gasteiger partial charge is 0.481 e. The van der Waals surface area contributed by atoms with Gasteiger partial charge in [-0.2, -0.15) is 4.31 Å². The van der Waals surface area contributed by atoms with Crippen LogP contribution in [0.5, 0.6) is 0 Å². The molecule has 1 aliphatic heterocycles. The molecule has 0 spiro atoms. The molecule has 1 fully saturated rings. The number of piperidine rings is 1. The molecule has 0 aromatic heterocycles. The van der Waals surface area contributed by atoms with E-state index in [2.05, 4.69) is 5.32 Å². The van der Waals surface area contributed by atoms with Crippen molar-refractivity contribution in [3.05, 3.63) is 24.3 Å². The molecule has 0 saturated carbocycles. The Hall–Kier alpha value is -1.93. The van der Waals surface area contributed by atoms with Crippen LogP contribution in [0.3, 0.4) is 0 Å². The molecule has 23 heavy (non-hydrogen) atoms. The molecular weight excluding hydrogens is 320 g/mol. The molecule has 126 valence electrons. The molecule has 1 saturated heterocycles. The van der Waals surface area contributed by atoms with Gasteiger partial charge in [-0.1, -0.05) is 6.92 Å². The first kappa shape index (κ1) is 17.4. The fraction of sp³-hybridized carbons (Fsp3) is 0.467. The molecule has 1 atom stereocenters. The summed E-state index contributed by atoms with van der Waals surface area (Å²) >= 11 is 0. The van der Waals surface area contributed by atoms with E-state index < -0.39 is 21.9 Å². The molecule has 0 bridgehead atoms. The summed E-state index contributed by atoms with van der Waals surface area (Å²) in [6.07, 6.45) is 1.36. The van der Waals surface area contributed by atoms with E-state index >= 15 is 0 Å². The zero-order valence-electron chi connectivity index (χ0n) is 12.9. The van der Waals surface area contributed by atoms with Crippen LogP contribution in [0.25, 0.3) is 0 Å². The lowest BCUT2D eigenvalue weighted by molar-refractivity contribution is -0.142. The highest BCUT2D eigenvalue weighted by molar-refractivity contribution is 7.89. The fourth-order valence-corrected chi connectivity index (χ4v) is 3.99. The Labute approximate surface area is 135 Å². The van der Waals surface area contributed by atoms with E-state index in [1.165, 1.54) is 28.6 Å². The molecule has 1 unspecified atom stereocenters. The number of amides is 1. The minimum atomic E-state index is -3.72. The third-order valence-corrected chi connectivity index (χ3v) is 5.71. The second kappa shape index (κ2) is 7.10. The first-order chi connectivity index (χ1) is 10.8. The molecule has 2 rings (SSSR count). The fourth-order valence-electron chi connectivity index (χ4n) is 2.47. The Balaban J connectivity index is 2.16. The third kappa shape index (κ3) is 4.08. The van der Waals surface area contributed by atoms with Crippen molar-refractivity contribution in [1.82, 2.24) is 4.31 Å². The first-order valence-corrected chi connectivity index (χ1v) is 8.91. The standard InChI is InChI=1S/C15H20N2O5S/c1-2-14(18)16-12-5-7-13(8-6-12)23(21,22)17-9-3-4-11(10-17)15(19)20/h5-8,11H,2-4,9-10H2,1H3,(H,16,18)(H,19,20). The highest BCUT2D eigenvalue weighted by Crippen LogP contribution is 2.24. The second-order valence-electron chi connectivity index (χ2n) is 5.47. The van der Waals surface area contributed by atoms with Crippen LogP contribution in [0.4, 0.5) is 5.69 Å². The number of nitrogens with one attached hydrogen (secondary N) is 1. The molecule has 1 aromatic rings. The maximum atomic E-state index is 12.6. The molecule has 1 amide bonds. The number of aliphatic carboxylic acids is 1.